The summed E-state index contributed by atoms with van der Waals surface area (Å²) in [6.45, 7) is 5.79. The van der Waals surface area contributed by atoms with Gasteiger partial charge in [-0.3, -0.25) is 9.59 Å². The number of nitrogens with zero attached hydrogens (tertiary/aromatic N) is 1. The summed E-state index contributed by atoms with van der Waals surface area (Å²) >= 11 is 12.4. The molecule has 4 atom stereocenters. The van der Waals surface area contributed by atoms with E-state index in [1.54, 1.807) is 76.2 Å². The molecular weight excluding hydrogens is 525 g/mol. The Labute approximate surface area is 222 Å². The van der Waals surface area contributed by atoms with E-state index >= 15 is 0 Å². The molecule has 0 unspecified atom stereocenters. The summed E-state index contributed by atoms with van der Waals surface area (Å²) in [6.07, 6.45) is -2.30. The van der Waals surface area contributed by atoms with Crippen LogP contribution in [0.2, 0.25) is 10.0 Å². The molecular formula is C26H31Cl2NO6S. The van der Waals surface area contributed by atoms with Crippen molar-refractivity contribution >= 4 is 44.7 Å². The van der Waals surface area contributed by atoms with Gasteiger partial charge in [0.05, 0.1) is 16.5 Å². The van der Waals surface area contributed by atoms with Crippen LogP contribution < -0.4 is 0 Å². The molecule has 0 aromatic heterocycles. The highest BCUT2D eigenvalue weighted by molar-refractivity contribution is 7.92. The smallest absolute Gasteiger partial charge is 0.253 e. The molecule has 1 fully saturated rings. The Morgan fingerprint density at radius 2 is 1.72 bits per heavy atom. The first-order valence-corrected chi connectivity index (χ1v) is 14.0. The van der Waals surface area contributed by atoms with Crippen LogP contribution in [0.1, 0.15) is 57.4 Å². The fourth-order valence-corrected chi connectivity index (χ4v) is 5.86. The SMILES string of the molecule is C[C@@H](CS(=O)(=O)C(C)(C)C)N1C(=O)[C@H](CC(=O)CO)O[C@H](c2cccc(Cl)c2)[C@H]1c1ccc(Cl)cc1. The predicted octanol–water partition coefficient (Wildman–Crippen LogP) is 4.56. The molecule has 36 heavy (non-hydrogen) atoms. The number of ketones is 1. The molecule has 1 saturated heterocycles. The highest BCUT2D eigenvalue weighted by atomic mass is 35.5. The van der Waals surface area contributed by atoms with Gasteiger partial charge in [-0.25, -0.2) is 8.42 Å². The van der Waals surface area contributed by atoms with Crippen molar-refractivity contribution in [3.63, 3.8) is 0 Å². The highest BCUT2D eigenvalue weighted by Gasteiger charge is 2.47. The Morgan fingerprint density at radius 1 is 1.08 bits per heavy atom. The monoisotopic (exact) mass is 555 g/mol. The Kier molecular flexibility index (Phi) is 8.89. The lowest BCUT2D eigenvalue weighted by atomic mass is 9.90. The number of ether oxygens (including phenoxy) is 1. The second-order valence-electron chi connectivity index (χ2n) is 9.99. The van der Waals surface area contributed by atoms with Crippen LogP contribution in [0, 0.1) is 0 Å². The van der Waals surface area contributed by atoms with Crippen molar-refractivity contribution in [3.8, 4) is 0 Å². The second-order valence-corrected chi connectivity index (χ2v) is 13.6. The van der Waals surface area contributed by atoms with E-state index in [2.05, 4.69) is 0 Å². The quantitative estimate of drug-likeness (QED) is 0.512. The van der Waals surface area contributed by atoms with Crippen molar-refractivity contribution in [1.29, 1.82) is 0 Å². The molecule has 1 aliphatic rings. The van der Waals surface area contributed by atoms with Crippen LogP contribution in [0.15, 0.2) is 48.5 Å². The molecule has 0 radical (unpaired) electrons. The Morgan fingerprint density at radius 3 is 2.28 bits per heavy atom. The van der Waals surface area contributed by atoms with Gasteiger partial charge in [0, 0.05) is 22.5 Å². The number of rotatable bonds is 8. The number of hydrogen-bond donors (Lipinski definition) is 1. The summed E-state index contributed by atoms with van der Waals surface area (Å²) in [5.74, 6) is -1.36. The van der Waals surface area contributed by atoms with Crippen LogP contribution in [0.4, 0.5) is 0 Å². The Balaban J connectivity index is 2.17. The van der Waals surface area contributed by atoms with Gasteiger partial charge in [0.1, 0.15) is 18.8 Å². The van der Waals surface area contributed by atoms with Crippen molar-refractivity contribution in [2.24, 2.45) is 0 Å². The van der Waals surface area contributed by atoms with E-state index in [0.29, 0.717) is 21.2 Å². The zero-order chi connectivity index (χ0) is 26.8. The van der Waals surface area contributed by atoms with Crippen LogP contribution in [0.25, 0.3) is 0 Å². The minimum absolute atomic E-state index is 0.282. The van der Waals surface area contributed by atoms with Gasteiger partial charge in [0.15, 0.2) is 15.6 Å². The van der Waals surface area contributed by atoms with Gasteiger partial charge in [-0.1, -0.05) is 47.5 Å². The van der Waals surface area contributed by atoms with Crippen LogP contribution in [-0.2, 0) is 24.2 Å². The molecule has 1 N–H and O–H groups in total. The average molecular weight is 557 g/mol. The van der Waals surface area contributed by atoms with Gasteiger partial charge < -0.3 is 14.7 Å². The molecule has 1 aliphatic heterocycles. The summed E-state index contributed by atoms with van der Waals surface area (Å²) in [6, 6.07) is 12.4. The number of morpholine rings is 1. The average Bonchev–Trinajstić information content (AvgIpc) is 2.79. The second kappa shape index (κ2) is 11.2. The maximum Gasteiger partial charge on any atom is 0.253 e. The third kappa shape index (κ3) is 6.29. The van der Waals surface area contributed by atoms with Crippen molar-refractivity contribution in [2.45, 2.75) is 63.2 Å². The van der Waals surface area contributed by atoms with Crippen LogP contribution in [-0.4, -0.2) is 59.4 Å². The largest absolute Gasteiger partial charge is 0.389 e. The zero-order valence-electron chi connectivity index (χ0n) is 20.6. The summed E-state index contributed by atoms with van der Waals surface area (Å²) in [4.78, 5) is 27.4. The van der Waals surface area contributed by atoms with Crippen LogP contribution in [0.3, 0.4) is 0 Å². The molecule has 2 aromatic carbocycles. The maximum absolute atomic E-state index is 13.8. The number of amides is 1. The van der Waals surface area contributed by atoms with E-state index in [1.807, 2.05) is 0 Å². The first-order chi connectivity index (χ1) is 16.7. The highest BCUT2D eigenvalue weighted by Crippen LogP contribution is 2.44. The number of sulfone groups is 1. The van der Waals surface area contributed by atoms with Crippen molar-refractivity contribution in [1.82, 2.24) is 4.90 Å². The lowest BCUT2D eigenvalue weighted by Crippen LogP contribution is -2.56. The van der Waals surface area contributed by atoms with Gasteiger partial charge in [0.2, 0.25) is 0 Å². The van der Waals surface area contributed by atoms with Gasteiger partial charge in [-0.05, 0) is 63.1 Å². The molecule has 2 aromatic rings. The molecule has 196 valence electrons. The van der Waals surface area contributed by atoms with Crippen LogP contribution in [0.5, 0.6) is 0 Å². The summed E-state index contributed by atoms with van der Waals surface area (Å²) in [5, 5.41) is 10.3. The fraction of sp³-hybridized carbons (Fsp3) is 0.462. The fourth-order valence-electron chi connectivity index (χ4n) is 4.24. The third-order valence-electron chi connectivity index (χ3n) is 6.27. The number of carbonyl (C=O) groups is 2. The summed E-state index contributed by atoms with van der Waals surface area (Å²) in [5.41, 5.74) is 1.34. The Hall–Kier alpha value is -1.97. The standard InChI is InChI=1S/C26H31Cl2NO6S/c1-16(15-36(33,34)26(2,3)4)29-23(17-8-10-19(27)11-9-17)24(18-6-5-7-20(28)12-18)35-22(25(29)32)13-21(31)14-30/h5-12,16,22-24,30H,13-15H2,1-4H3/t16-,22-,23+,24+/m0/s1. The van der Waals surface area contributed by atoms with Crippen molar-refractivity contribution in [3.05, 3.63) is 69.7 Å². The molecule has 0 bridgehead atoms. The normalized spacial score (nSPS) is 21.9. The summed E-state index contributed by atoms with van der Waals surface area (Å²) < 4.78 is 31.4. The summed E-state index contributed by atoms with van der Waals surface area (Å²) in [7, 11) is -3.60. The first-order valence-electron chi connectivity index (χ1n) is 11.6. The van der Waals surface area contributed by atoms with E-state index in [1.165, 1.54) is 4.90 Å². The molecule has 0 spiro atoms. The lowest BCUT2D eigenvalue weighted by molar-refractivity contribution is -0.179. The van der Waals surface area contributed by atoms with Crippen molar-refractivity contribution in [2.75, 3.05) is 12.4 Å². The molecule has 1 amide bonds. The molecule has 0 aliphatic carbocycles. The minimum atomic E-state index is -3.60. The first kappa shape index (κ1) is 28.6. The van der Waals surface area contributed by atoms with E-state index in [4.69, 9.17) is 27.9 Å². The number of hydrogen-bond acceptors (Lipinski definition) is 6. The predicted molar refractivity (Wildman–Crippen MR) is 140 cm³/mol. The van der Waals surface area contributed by atoms with Gasteiger partial charge in [-0.15, -0.1) is 0 Å². The molecule has 1 heterocycles. The number of aliphatic hydroxyl groups excluding tert-OH is 1. The van der Waals surface area contributed by atoms with E-state index in [9.17, 15) is 23.1 Å². The van der Waals surface area contributed by atoms with E-state index in [0.717, 1.165) is 0 Å². The van der Waals surface area contributed by atoms with Gasteiger partial charge in [-0.2, -0.15) is 0 Å². The van der Waals surface area contributed by atoms with Gasteiger partial charge in [0.25, 0.3) is 5.91 Å². The van der Waals surface area contributed by atoms with Crippen molar-refractivity contribution < 1.29 is 27.9 Å². The molecule has 10 heteroatoms. The molecule has 7 nitrogen and oxygen atoms in total. The maximum atomic E-state index is 13.8. The number of carbonyl (C=O) groups excluding carboxylic acids is 2. The lowest BCUT2D eigenvalue weighted by Gasteiger charge is -2.47. The molecule has 0 saturated carbocycles. The van der Waals surface area contributed by atoms with Crippen LogP contribution >= 0.6 is 23.2 Å². The minimum Gasteiger partial charge on any atom is -0.389 e. The molecule has 3 rings (SSSR count). The van der Waals surface area contributed by atoms with E-state index in [-0.39, 0.29) is 12.2 Å². The third-order valence-corrected chi connectivity index (χ3v) is 9.55. The number of Topliss-reactive ketones (excluding diaryl/α,β-unsaturated/α-hetero) is 1. The number of aliphatic hydroxyl groups is 1. The Bertz CT molecular complexity index is 1210. The number of benzene rings is 2. The number of halogens is 2. The van der Waals surface area contributed by atoms with E-state index < -0.39 is 57.2 Å². The van der Waals surface area contributed by atoms with Gasteiger partial charge >= 0.3 is 0 Å². The zero-order valence-corrected chi connectivity index (χ0v) is 23.0. The topological polar surface area (TPSA) is 101 Å².